The number of thioether (sulfide) groups is 1. The number of hydrogen-bond acceptors (Lipinski definition) is 2. The maximum Gasteiger partial charge on any atom is 0.230 e. The molecule has 2 nitrogen and oxygen atoms in total. The van der Waals surface area contributed by atoms with Gasteiger partial charge in [-0.15, -0.1) is 11.8 Å². The van der Waals surface area contributed by atoms with Crippen LogP contribution in [0, 0.1) is 0 Å². The molecule has 1 saturated heterocycles. The lowest BCUT2D eigenvalue weighted by atomic mass is 10.2. The van der Waals surface area contributed by atoms with Gasteiger partial charge in [-0.3, -0.25) is 4.79 Å². The van der Waals surface area contributed by atoms with E-state index >= 15 is 0 Å². The van der Waals surface area contributed by atoms with Gasteiger partial charge in [0.25, 0.3) is 0 Å². The van der Waals surface area contributed by atoms with Gasteiger partial charge >= 0.3 is 0 Å². The molecule has 0 bridgehead atoms. The van der Waals surface area contributed by atoms with E-state index in [1.54, 1.807) is 0 Å². The summed E-state index contributed by atoms with van der Waals surface area (Å²) in [5.41, 5.74) is 0. The first kappa shape index (κ1) is 6.28. The largest absolute Gasteiger partial charge is 0.306 e. The van der Waals surface area contributed by atoms with Crippen molar-refractivity contribution in [3.63, 3.8) is 0 Å². The van der Waals surface area contributed by atoms with Gasteiger partial charge in [0.05, 0.1) is 11.8 Å². The molecule has 2 aliphatic heterocycles. The summed E-state index contributed by atoms with van der Waals surface area (Å²) >= 11 is 1.86. The van der Waals surface area contributed by atoms with E-state index in [1.165, 1.54) is 0 Å². The van der Waals surface area contributed by atoms with E-state index in [2.05, 4.69) is 13.0 Å². The standard InChI is InChI=1S/C7H9NOS/c1-5-2-3-8-6(9)4-7(8)10-5/h2-3,5,7H,4H2,1H3/t5-,7+/m0/s1. The highest BCUT2D eigenvalue weighted by Gasteiger charge is 2.37. The van der Waals surface area contributed by atoms with Crippen LogP contribution in [-0.4, -0.2) is 21.4 Å². The molecule has 2 heterocycles. The molecule has 0 aromatic rings. The number of rotatable bonds is 0. The molecule has 10 heavy (non-hydrogen) atoms. The van der Waals surface area contributed by atoms with Crippen molar-refractivity contribution in [3.05, 3.63) is 12.3 Å². The molecule has 0 spiro atoms. The molecule has 0 N–H and O–H groups in total. The Bertz CT molecular complexity index is 202. The summed E-state index contributed by atoms with van der Waals surface area (Å²) in [6, 6.07) is 0. The van der Waals surface area contributed by atoms with Gasteiger partial charge in [0, 0.05) is 11.4 Å². The average Bonchev–Trinajstić information content (AvgIpc) is 1.86. The van der Waals surface area contributed by atoms with E-state index in [0.717, 1.165) is 6.42 Å². The molecule has 54 valence electrons. The highest BCUT2D eigenvalue weighted by atomic mass is 32.2. The summed E-state index contributed by atoms with van der Waals surface area (Å²) in [5.74, 6) is 0.264. The molecule has 0 radical (unpaired) electrons. The summed E-state index contributed by atoms with van der Waals surface area (Å²) < 4.78 is 0. The Labute approximate surface area is 64.3 Å². The van der Waals surface area contributed by atoms with E-state index < -0.39 is 0 Å². The molecule has 1 fully saturated rings. The van der Waals surface area contributed by atoms with E-state index in [4.69, 9.17) is 0 Å². The number of amides is 1. The minimum atomic E-state index is 0.264. The van der Waals surface area contributed by atoms with Crippen LogP contribution < -0.4 is 0 Å². The second-order valence-electron chi connectivity index (χ2n) is 2.64. The Kier molecular flexibility index (Phi) is 1.27. The third-order valence-corrected chi connectivity index (χ3v) is 3.13. The van der Waals surface area contributed by atoms with Crippen molar-refractivity contribution in [2.75, 3.05) is 0 Å². The number of hydrogen-bond donors (Lipinski definition) is 0. The quantitative estimate of drug-likeness (QED) is 0.490. The van der Waals surface area contributed by atoms with Crippen molar-refractivity contribution in [3.8, 4) is 0 Å². The van der Waals surface area contributed by atoms with Crippen LogP contribution in [0.2, 0.25) is 0 Å². The lowest BCUT2D eigenvalue weighted by molar-refractivity contribution is -0.137. The van der Waals surface area contributed by atoms with Crippen LogP contribution in [-0.2, 0) is 4.79 Å². The van der Waals surface area contributed by atoms with Crippen molar-refractivity contribution in [2.24, 2.45) is 0 Å². The van der Waals surface area contributed by atoms with Gasteiger partial charge in [-0.05, 0) is 6.92 Å². The topological polar surface area (TPSA) is 20.3 Å². The third-order valence-electron chi connectivity index (χ3n) is 1.84. The Balaban J connectivity index is 2.14. The molecule has 3 heteroatoms. The maximum atomic E-state index is 10.8. The van der Waals surface area contributed by atoms with Gasteiger partial charge in [0.2, 0.25) is 5.91 Å². The van der Waals surface area contributed by atoms with Gasteiger partial charge in [-0.2, -0.15) is 0 Å². The zero-order valence-electron chi connectivity index (χ0n) is 5.78. The summed E-state index contributed by atoms with van der Waals surface area (Å²) in [4.78, 5) is 12.6. The molecule has 0 saturated carbocycles. The molecule has 0 aromatic heterocycles. The summed E-state index contributed by atoms with van der Waals surface area (Å²) in [7, 11) is 0. The highest BCUT2D eigenvalue weighted by molar-refractivity contribution is 8.00. The number of fused-ring (bicyclic) bond motifs is 1. The van der Waals surface area contributed by atoms with Crippen LogP contribution in [0.1, 0.15) is 13.3 Å². The second-order valence-corrected chi connectivity index (χ2v) is 4.20. The molecule has 1 amide bonds. The third kappa shape index (κ3) is 0.770. The van der Waals surface area contributed by atoms with Crippen molar-refractivity contribution in [1.29, 1.82) is 0 Å². The molecule has 2 atom stereocenters. The van der Waals surface area contributed by atoms with Crippen molar-refractivity contribution in [1.82, 2.24) is 4.90 Å². The van der Waals surface area contributed by atoms with Gasteiger partial charge in [-0.1, -0.05) is 6.08 Å². The Morgan fingerprint density at radius 3 is 3.20 bits per heavy atom. The first-order valence-electron chi connectivity index (χ1n) is 3.42. The number of nitrogens with zero attached hydrogens (tertiary/aromatic N) is 1. The fourth-order valence-corrected chi connectivity index (χ4v) is 2.42. The first-order valence-corrected chi connectivity index (χ1v) is 4.36. The lowest BCUT2D eigenvalue weighted by Crippen LogP contribution is -2.49. The van der Waals surface area contributed by atoms with E-state index in [9.17, 15) is 4.79 Å². The Hall–Kier alpha value is -0.440. The first-order chi connectivity index (χ1) is 4.77. The average molecular weight is 155 g/mol. The zero-order valence-corrected chi connectivity index (χ0v) is 6.60. The predicted molar refractivity (Wildman–Crippen MR) is 41.4 cm³/mol. The molecule has 2 aliphatic rings. The Morgan fingerprint density at radius 1 is 1.80 bits per heavy atom. The van der Waals surface area contributed by atoms with Crippen molar-refractivity contribution in [2.45, 2.75) is 24.0 Å². The van der Waals surface area contributed by atoms with Gasteiger partial charge in [-0.25, -0.2) is 0 Å². The SMILES string of the molecule is C[C@H]1C=CN2C(=O)C[C@H]2S1. The van der Waals surface area contributed by atoms with Gasteiger partial charge in [0.15, 0.2) is 0 Å². The van der Waals surface area contributed by atoms with Gasteiger partial charge in [0.1, 0.15) is 0 Å². The minimum absolute atomic E-state index is 0.264. The summed E-state index contributed by atoms with van der Waals surface area (Å²) in [5, 5.41) is 1.03. The van der Waals surface area contributed by atoms with Crippen LogP contribution in [0.15, 0.2) is 12.3 Å². The molecular formula is C7H9NOS. The smallest absolute Gasteiger partial charge is 0.230 e. The molecule has 0 aliphatic carbocycles. The lowest BCUT2D eigenvalue weighted by Gasteiger charge is -2.41. The van der Waals surface area contributed by atoms with Crippen LogP contribution in [0.3, 0.4) is 0 Å². The fraction of sp³-hybridized carbons (Fsp3) is 0.571. The Morgan fingerprint density at radius 2 is 2.60 bits per heavy atom. The van der Waals surface area contributed by atoms with Crippen LogP contribution >= 0.6 is 11.8 Å². The summed E-state index contributed by atoms with van der Waals surface area (Å²) in [6.07, 6.45) is 4.72. The van der Waals surface area contributed by atoms with E-state index in [-0.39, 0.29) is 5.91 Å². The normalized spacial score (nSPS) is 37.3. The zero-order chi connectivity index (χ0) is 7.14. The number of β-lactam (4-membered cyclic amide) rings is 1. The van der Waals surface area contributed by atoms with Crippen molar-refractivity contribution < 1.29 is 4.79 Å². The monoisotopic (exact) mass is 155 g/mol. The summed E-state index contributed by atoms with van der Waals surface area (Å²) in [6.45, 7) is 2.15. The predicted octanol–water partition coefficient (Wildman–Crippen LogP) is 1.19. The maximum absolute atomic E-state index is 10.8. The van der Waals surface area contributed by atoms with Crippen LogP contribution in [0.5, 0.6) is 0 Å². The van der Waals surface area contributed by atoms with Gasteiger partial charge < -0.3 is 4.90 Å². The van der Waals surface area contributed by atoms with E-state index in [0.29, 0.717) is 10.6 Å². The number of carbonyl (C=O) groups is 1. The van der Waals surface area contributed by atoms with Crippen LogP contribution in [0.4, 0.5) is 0 Å². The molecular weight excluding hydrogens is 146 g/mol. The van der Waals surface area contributed by atoms with E-state index in [1.807, 2.05) is 22.9 Å². The molecule has 0 aromatic carbocycles. The highest BCUT2D eigenvalue weighted by Crippen LogP contribution is 2.36. The number of carbonyl (C=O) groups excluding carboxylic acids is 1. The van der Waals surface area contributed by atoms with Crippen molar-refractivity contribution >= 4 is 17.7 Å². The molecule has 0 unspecified atom stereocenters. The second kappa shape index (κ2) is 2.02. The molecule has 2 rings (SSSR count). The minimum Gasteiger partial charge on any atom is -0.306 e. The fourth-order valence-electron chi connectivity index (χ4n) is 1.20. The van der Waals surface area contributed by atoms with Crippen LogP contribution in [0.25, 0.3) is 0 Å².